The van der Waals surface area contributed by atoms with Crippen LogP contribution in [0, 0.1) is 5.92 Å². The molecule has 0 unspecified atom stereocenters. The first-order valence-electron chi connectivity index (χ1n) is 7.14. The summed E-state index contributed by atoms with van der Waals surface area (Å²) in [6.07, 6.45) is 6.47. The zero-order valence-corrected chi connectivity index (χ0v) is 11.5. The predicted molar refractivity (Wildman–Crippen MR) is 74.4 cm³/mol. The van der Waals surface area contributed by atoms with Gasteiger partial charge in [-0.25, -0.2) is 0 Å². The standard InChI is InChI=1S/C16H22O3/c1-2-12-3-7-14(8-4-12)19-15-9-5-13(6-10-15)11-16(17)18/h5-6,9-10,12,14H,2-4,7-8,11H2,1H3,(H,17,18). The van der Waals surface area contributed by atoms with Crippen molar-refractivity contribution >= 4 is 5.97 Å². The molecule has 0 amide bonds. The van der Waals surface area contributed by atoms with E-state index in [2.05, 4.69) is 6.92 Å². The van der Waals surface area contributed by atoms with E-state index in [9.17, 15) is 4.79 Å². The Morgan fingerprint density at radius 3 is 2.37 bits per heavy atom. The van der Waals surface area contributed by atoms with E-state index in [1.54, 1.807) is 0 Å². The van der Waals surface area contributed by atoms with Crippen LogP contribution in [0.15, 0.2) is 24.3 Å². The lowest BCUT2D eigenvalue weighted by molar-refractivity contribution is -0.136. The van der Waals surface area contributed by atoms with E-state index in [1.165, 1.54) is 19.3 Å². The van der Waals surface area contributed by atoms with Crippen molar-refractivity contribution in [2.75, 3.05) is 0 Å². The van der Waals surface area contributed by atoms with Gasteiger partial charge in [0.15, 0.2) is 0 Å². The zero-order chi connectivity index (χ0) is 13.7. The molecule has 0 atom stereocenters. The summed E-state index contributed by atoms with van der Waals surface area (Å²) in [6.45, 7) is 2.26. The second-order valence-corrected chi connectivity index (χ2v) is 5.38. The molecule has 1 aromatic rings. The van der Waals surface area contributed by atoms with Gasteiger partial charge in [-0.05, 0) is 49.3 Å². The molecule has 1 aliphatic rings. The van der Waals surface area contributed by atoms with Gasteiger partial charge in [0.25, 0.3) is 0 Å². The maximum absolute atomic E-state index is 10.6. The number of carboxylic acid groups (broad SMARTS) is 1. The van der Waals surface area contributed by atoms with Crippen molar-refractivity contribution in [3.63, 3.8) is 0 Å². The molecule has 1 aliphatic carbocycles. The van der Waals surface area contributed by atoms with Gasteiger partial charge in [-0.15, -0.1) is 0 Å². The van der Waals surface area contributed by atoms with Gasteiger partial charge < -0.3 is 9.84 Å². The summed E-state index contributed by atoms with van der Waals surface area (Å²) in [7, 11) is 0. The monoisotopic (exact) mass is 262 g/mol. The number of carbonyl (C=O) groups is 1. The Kier molecular flexibility index (Phi) is 4.83. The van der Waals surface area contributed by atoms with Gasteiger partial charge in [0.1, 0.15) is 5.75 Å². The lowest BCUT2D eigenvalue weighted by atomic mass is 9.86. The lowest BCUT2D eigenvalue weighted by Gasteiger charge is -2.28. The molecular formula is C16H22O3. The molecule has 1 aromatic carbocycles. The fourth-order valence-corrected chi connectivity index (χ4v) is 2.71. The van der Waals surface area contributed by atoms with Crippen molar-refractivity contribution in [1.82, 2.24) is 0 Å². The minimum atomic E-state index is -0.799. The largest absolute Gasteiger partial charge is 0.490 e. The average molecular weight is 262 g/mol. The Balaban J connectivity index is 1.84. The fourth-order valence-electron chi connectivity index (χ4n) is 2.71. The zero-order valence-electron chi connectivity index (χ0n) is 11.5. The fraction of sp³-hybridized carbons (Fsp3) is 0.562. The van der Waals surface area contributed by atoms with E-state index < -0.39 is 5.97 Å². The van der Waals surface area contributed by atoms with Crippen molar-refractivity contribution in [2.45, 2.75) is 51.6 Å². The molecule has 3 nitrogen and oxygen atoms in total. The molecular weight excluding hydrogens is 240 g/mol. The predicted octanol–water partition coefficient (Wildman–Crippen LogP) is 3.66. The molecule has 0 aromatic heterocycles. The van der Waals surface area contributed by atoms with E-state index in [-0.39, 0.29) is 6.42 Å². The van der Waals surface area contributed by atoms with Crippen LogP contribution in [-0.2, 0) is 11.2 Å². The number of carboxylic acids is 1. The molecule has 0 bridgehead atoms. The summed E-state index contributed by atoms with van der Waals surface area (Å²) >= 11 is 0. The molecule has 104 valence electrons. The van der Waals surface area contributed by atoms with Gasteiger partial charge in [-0.1, -0.05) is 25.5 Å². The topological polar surface area (TPSA) is 46.5 Å². The summed E-state index contributed by atoms with van der Waals surface area (Å²) in [5, 5.41) is 8.71. The van der Waals surface area contributed by atoms with Crippen LogP contribution in [0.3, 0.4) is 0 Å². The Morgan fingerprint density at radius 1 is 1.21 bits per heavy atom. The highest BCUT2D eigenvalue weighted by Crippen LogP contribution is 2.29. The van der Waals surface area contributed by atoms with Crippen LogP contribution in [0.25, 0.3) is 0 Å². The minimum absolute atomic E-state index is 0.0713. The Morgan fingerprint density at radius 2 is 1.84 bits per heavy atom. The number of hydrogen-bond acceptors (Lipinski definition) is 2. The van der Waals surface area contributed by atoms with Crippen LogP contribution in [-0.4, -0.2) is 17.2 Å². The average Bonchev–Trinajstić information content (AvgIpc) is 2.41. The first-order valence-corrected chi connectivity index (χ1v) is 7.14. The van der Waals surface area contributed by atoms with Crippen LogP contribution in [0.2, 0.25) is 0 Å². The highest BCUT2D eigenvalue weighted by Gasteiger charge is 2.21. The van der Waals surface area contributed by atoms with Crippen molar-refractivity contribution in [2.24, 2.45) is 5.92 Å². The highest BCUT2D eigenvalue weighted by atomic mass is 16.5. The van der Waals surface area contributed by atoms with Gasteiger partial charge >= 0.3 is 5.97 Å². The van der Waals surface area contributed by atoms with Gasteiger partial charge in [-0.2, -0.15) is 0 Å². The molecule has 2 rings (SSSR count). The third-order valence-corrected chi connectivity index (χ3v) is 3.95. The molecule has 0 aliphatic heterocycles. The Labute approximate surface area is 114 Å². The third kappa shape index (κ3) is 4.27. The first-order chi connectivity index (χ1) is 9.17. The molecule has 19 heavy (non-hydrogen) atoms. The van der Waals surface area contributed by atoms with Gasteiger partial charge in [0.2, 0.25) is 0 Å². The van der Waals surface area contributed by atoms with Crippen LogP contribution < -0.4 is 4.74 Å². The van der Waals surface area contributed by atoms with E-state index in [0.29, 0.717) is 6.10 Å². The summed E-state index contributed by atoms with van der Waals surface area (Å²) in [6, 6.07) is 7.43. The number of hydrogen-bond donors (Lipinski definition) is 1. The van der Waals surface area contributed by atoms with Crippen molar-refractivity contribution in [3.8, 4) is 5.75 Å². The van der Waals surface area contributed by atoms with Crippen LogP contribution >= 0.6 is 0 Å². The third-order valence-electron chi connectivity index (χ3n) is 3.95. The molecule has 1 fully saturated rings. The van der Waals surface area contributed by atoms with Gasteiger partial charge in [0.05, 0.1) is 12.5 Å². The van der Waals surface area contributed by atoms with E-state index >= 15 is 0 Å². The smallest absolute Gasteiger partial charge is 0.307 e. The Hall–Kier alpha value is -1.51. The lowest BCUT2D eigenvalue weighted by Crippen LogP contribution is -2.23. The van der Waals surface area contributed by atoms with Gasteiger partial charge in [-0.3, -0.25) is 4.79 Å². The molecule has 0 saturated heterocycles. The number of benzene rings is 1. The maximum Gasteiger partial charge on any atom is 0.307 e. The molecule has 0 heterocycles. The summed E-state index contributed by atoms with van der Waals surface area (Å²) in [5.41, 5.74) is 0.814. The maximum atomic E-state index is 10.6. The second-order valence-electron chi connectivity index (χ2n) is 5.38. The normalized spacial score (nSPS) is 23.0. The summed E-state index contributed by atoms with van der Waals surface area (Å²) in [5.74, 6) is 0.929. The van der Waals surface area contributed by atoms with Gasteiger partial charge in [0, 0.05) is 0 Å². The molecule has 3 heteroatoms. The van der Waals surface area contributed by atoms with E-state index in [1.807, 2.05) is 24.3 Å². The number of ether oxygens (including phenoxy) is 1. The quantitative estimate of drug-likeness (QED) is 0.880. The van der Waals surface area contributed by atoms with Crippen LogP contribution in [0.4, 0.5) is 0 Å². The molecule has 1 saturated carbocycles. The molecule has 0 radical (unpaired) electrons. The SMILES string of the molecule is CCC1CCC(Oc2ccc(CC(=O)O)cc2)CC1. The molecule has 1 N–H and O–H groups in total. The van der Waals surface area contributed by atoms with Crippen molar-refractivity contribution in [1.29, 1.82) is 0 Å². The number of rotatable bonds is 5. The van der Waals surface area contributed by atoms with Crippen LogP contribution in [0.1, 0.15) is 44.6 Å². The number of aliphatic carboxylic acids is 1. The second kappa shape index (κ2) is 6.60. The van der Waals surface area contributed by atoms with Crippen molar-refractivity contribution < 1.29 is 14.6 Å². The minimum Gasteiger partial charge on any atom is -0.490 e. The highest BCUT2D eigenvalue weighted by molar-refractivity contribution is 5.70. The van der Waals surface area contributed by atoms with E-state index in [4.69, 9.17) is 9.84 Å². The Bertz CT molecular complexity index is 403. The molecule has 0 spiro atoms. The summed E-state index contributed by atoms with van der Waals surface area (Å²) < 4.78 is 5.96. The van der Waals surface area contributed by atoms with Crippen molar-refractivity contribution in [3.05, 3.63) is 29.8 Å². The van der Waals surface area contributed by atoms with E-state index in [0.717, 1.165) is 30.1 Å². The summed E-state index contributed by atoms with van der Waals surface area (Å²) in [4.78, 5) is 10.6. The van der Waals surface area contributed by atoms with Crippen LogP contribution in [0.5, 0.6) is 5.75 Å². The first kappa shape index (κ1) is 13.9.